The van der Waals surface area contributed by atoms with E-state index >= 15 is 0 Å². The molecule has 6 nitrogen and oxygen atoms in total. The summed E-state index contributed by atoms with van der Waals surface area (Å²) >= 11 is 0. The molecular weight excluding hydrogens is 468 g/mol. The molecule has 6 heteroatoms. The molecule has 0 radical (unpaired) electrons. The molecule has 4 atom stereocenters. The number of ether oxygens (including phenoxy) is 3. The van der Waals surface area contributed by atoms with Crippen molar-refractivity contribution >= 4 is 17.9 Å². The lowest BCUT2D eigenvalue weighted by Crippen LogP contribution is -2.53. The van der Waals surface area contributed by atoms with Crippen molar-refractivity contribution in [1.82, 2.24) is 0 Å². The number of carbonyl (C=O) groups is 3. The van der Waals surface area contributed by atoms with Crippen molar-refractivity contribution in [3.05, 3.63) is 47.1 Å². The Morgan fingerprint density at radius 3 is 2.30 bits per heavy atom. The average Bonchev–Trinajstić information content (AvgIpc) is 2.83. The van der Waals surface area contributed by atoms with Gasteiger partial charge in [0.25, 0.3) is 0 Å². The van der Waals surface area contributed by atoms with Gasteiger partial charge in [-0.25, -0.2) is 0 Å². The number of allylic oxidation sites excluding steroid dienone is 3. The first-order valence-electron chi connectivity index (χ1n) is 13.4. The Bertz CT molecular complexity index is 1150. The SMILES string of the molecule is C=C1CCC2[C@](C)(CCC[C@]2(C)C(=O)OC)[C@H]1CCC1=CCc2c(OC(C)=O)ccc(OC(C)=O)c2C1. The van der Waals surface area contributed by atoms with E-state index in [0.717, 1.165) is 56.1 Å². The molecule has 0 bridgehead atoms. The van der Waals surface area contributed by atoms with E-state index in [1.54, 1.807) is 12.1 Å². The molecule has 200 valence electrons. The highest BCUT2D eigenvalue weighted by molar-refractivity contribution is 5.77. The van der Waals surface area contributed by atoms with Crippen LogP contribution in [0.3, 0.4) is 0 Å². The molecule has 0 spiro atoms. The predicted octanol–water partition coefficient (Wildman–Crippen LogP) is 6.29. The fraction of sp³-hybridized carbons (Fsp3) is 0.581. The molecule has 3 aliphatic rings. The summed E-state index contributed by atoms with van der Waals surface area (Å²) in [5.74, 6) is 0.832. The summed E-state index contributed by atoms with van der Waals surface area (Å²) in [6.07, 6.45) is 10.3. The number of rotatable bonds is 6. The van der Waals surface area contributed by atoms with Gasteiger partial charge in [0.2, 0.25) is 0 Å². The second-order valence-electron chi connectivity index (χ2n) is 11.6. The smallest absolute Gasteiger partial charge is 0.311 e. The molecule has 0 amide bonds. The number of benzene rings is 1. The van der Waals surface area contributed by atoms with Crippen LogP contribution in [0.4, 0.5) is 0 Å². The van der Waals surface area contributed by atoms with E-state index in [-0.39, 0.29) is 29.2 Å². The molecule has 0 N–H and O–H groups in total. The van der Waals surface area contributed by atoms with E-state index in [1.807, 2.05) is 0 Å². The molecule has 0 aliphatic heterocycles. The molecule has 37 heavy (non-hydrogen) atoms. The van der Waals surface area contributed by atoms with Crippen molar-refractivity contribution in [1.29, 1.82) is 0 Å². The van der Waals surface area contributed by atoms with Gasteiger partial charge < -0.3 is 14.2 Å². The zero-order valence-corrected chi connectivity index (χ0v) is 22.9. The van der Waals surface area contributed by atoms with E-state index in [9.17, 15) is 14.4 Å². The fourth-order valence-electron chi connectivity index (χ4n) is 7.59. The first kappa shape index (κ1) is 27.2. The highest BCUT2D eigenvalue weighted by Crippen LogP contribution is 2.62. The number of hydrogen-bond donors (Lipinski definition) is 0. The Morgan fingerprint density at radius 2 is 1.68 bits per heavy atom. The zero-order chi connectivity index (χ0) is 27.0. The topological polar surface area (TPSA) is 78.9 Å². The summed E-state index contributed by atoms with van der Waals surface area (Å²) in [6.45, 7) is 11.7. The van der Waals surface area contributed by atoms with Crippen molar-refractivity contribution < 1.29 is 28.6 Å². The van der Waals surface area contributed by atoms with Gasteiger partial charge in [0.15, 0.2) is 0 Å². The normalized spacial score (nSPS) is 28.9. The van der Waals surface area contributed by atoms with E-state index in [4.69, 9.17) is 14.2 Å². The second kappa shape index (κ2) is 10.5. The van der Waals surface area contributed by atoms with Gasteiger partial charge in [-0.05, 0) is 87.7 Å². The van der Waals surface area contributed by atoms with Crippen LogP contribution in [0, 0.1) is 22.7 Å². The Kier molecular flexibility index (Phi) is 7.68. The molecule has 0 heterocycles. The third-order valence-corrected chi connectivity index (χ3v) is 9.28. The summed E-state index contributed by atoms with van der Waals surface area (Å²) in [5.41, 5.74) is 3.94. The summed E-state index contributed by atoms with van der Waals surface area (Å²) in [7, 11) is 1.50. The lowest BCUT2D eigenvalue weighted by Gasteiger charge is -2.57. The Labute approximate surface area is 220 Å². The van der Waals surface area contributed by atoms with Gasteiger partial charge in [-0.15, -0.1) is 0 Å². The van der Waals surface area contributed by atoms with Crippen LogP contribution in [0.5, 0.6) is 11.5 Å². The largest absolute Gasteiger partial charge is 0.469 e. The maximum Gasteiger partial charge on any atom is 0.311 e. The summed E-state index contributed by atoms with van der Waals surface area (Å²) < 4.78 is 16.2. The van der Waals surface area contributed by atoms with Crippen LogP contribution in [-0.2, 0) is 32.0 Å². The maximum absolute atomic E-state index is 12.9. The van der Waals surface area contributed by atoms with Gasteiger partial charge in [-0.1, -0.05) is 37.1 Å². The Morgan fingerprint density at radius 1 is 1.03 bits per heavy atom. The van der Waals surface area contributed by atoms with Crippen LogP contribution in [0.15, 0.2) is 35.9 Å². The van der Waals surface area contributed by atoms with E-state index < -0.39 is 5.41 Å². The molecule has 2 saturated carbocycles. The summed E-state index contributed by atoms with van der Waals surface area (Å²) in [5, 5.41) is 0. The highest BCUT2D eigenvalue weighted by atomic mass is 16.5. The third-order valence-electron chi connectivity index (χ3n) is 9.28. The van der Waals surface area contributed by atoms with E-state index in [1.165, 1.54) is 32.1 Å². The van der Waals surface area contributed by atoms with Gasteiger partial charge in [-0.2, -0.15) is 0 Å². The zero-order valence-electron chi connectivity index (χ0n) is 22.9. The number of carbonyl (C=O) groups excluding carboxylic acids is 3. The van der Waals surface area contributed by atoms with Gasteiger partial charge >= 0.3 is 17.9 Å². The Hall–Kier alpha value is -2.89. The first-order valence-corrected chi connectivity index (χ1v) is 13.4. The molecule has 1 aromatic rings. The van der Waals surface area contributed by atoms with Crippen molar-refractivity contribution in [3.63, 3.8) is 0 Å². The highest BCUT2D eigenvalue weighted by Gasteiger charge is 2.57. The van der Waals surface area contributed by atoms with Gasteiger partial charge in [0.05, 0.1) is 12.5 Å². The number of esters is 3. The van der Waals surface area contributed by atoms with E-state index in [2.05, 4.69) is 26.5 Å². The van der Waals surface area contributed by atoms with E-state index in [0.29, 0.717) is 30.3 Å². The molecular formula is C31H40O6. The standard InChI is InChI=1S/C31H40O6/c1-19-8-15-28-30(4,16-7-17-31(28,5)29(34)35-6)25(19)12-10-22-9-11-23-24(18-22)27(37-21(3)33)14-13-26(23)36-20(2)32/h9,13-14,25,28H,1,7-8,10-12,15-18H2,2-6H3/t25-,28?,30+,31-/m0/s1. The summed E-state index contributed by atoms with van der Waals surface area (Å²) in [4.78, 5) is 36.2. The first-order chi connectivity index (χ1) is 17.5. The van der Waals surface area contributed by atoms with Gasteiger partial charge in [0, 0.05) is 25.0 Å². The van der Waals surface area contributed by atoms with Gasteiger partial charge in [0.1, 0.15) is 11.5 Å². The average molecular weight is 509 g/mol. The van der Waals surface area contributed by atoms with Crippen molar-refractivity contribution in [2.24, 2.45) is 22.7 Å². The van der Waals surface area contributed by atoms with Gasteiger partial charge in [-0.3, -0.25) is 14.4 Å². The van der Waals surface area contributed by atoms with Crippen LogP contribution in [0.2, 0.25) is 0 Å². The number of fused-ring (bicyclic) bond motifs is 2. The minimum Gasteiger partial charge on any atom is -0.469 e. The summed E-state index contributed by atoms with van der Waals surface area (Å²) in [6, 6.07) is 3.41. The van der Waals surface area contributed by atoms with Crippen molar-refractivity contribution in [3.8, 4) is 11.5 Å². The number of methoxy groups -OCH3 is 1. The van der Waals surface area contributed by atoms with Crippen molar-refractivity contribution in [2.75, 3.05) is 7.11 Å². The molecule has 1 aromatic carbocycles. The lowest BCUT2D eigenvalue weighted by molar-refractivity contribution is -0.168. The van der Waals surface area contributed by atoms with Crippen LogP contribution in [0.25, 0.3) is 0 Å². The third kappa shape index (κ3) is 5.12. The predicted molar refractivity (Wildman–Crippen MR) is 141 cm³/mol. The second-order valence-corrected chi connectivity index (χ2v) is 11.6. The molecule has 0 aromatic heterocycles. The monoisotopic (exact) mass is 508 g/mol. The lowest BCUT2D eigenvalue weighted by atomic mass is 9.46. The molecule has 2 fully saturated rings. The molecule has 0 saturated heterocycles. The quantitative estimate of drug-likeness (QED) is 0.255. The van der Waals surface area contributed by atoms with Crippen LogP contribution >= 0.6 is 0 Å². The molecule has 1 unspecified atom stereocenters. The van der Waals surface area contributed by atoms with Crippen LogP contribution in [0.1, 0.15) is 83.8 Å². The minimum atomic E-state index is -0.449. The molecule has 4 rings (SSSR count). The minimum absolute atomic E-state index is 0.00898. The van der Waals surface area contributed by atoms with Crippen LogP contribution < -0.4 is 9.47 Å². The van der Waals surface area contributed by atoms with Crippen molar-refractivity contribution in [2.45, 2.75) is 85.5 Å². The fourth-order valence-corrected chi connectivity index (χ4v) is 7.59. The molecule has 3 aliphatic carbocycles. The maximum atomic E-state index is 12.9. The van der Waals surface area contributed by atoms with Crippen LogP contribution in [-0.4, -0.2) is 25.0 Å². The Balaban J connectivity index is 1.56. The number of hydrogen-bond acceptors (Lipinski definition) is 6.